The molecule has 2 nitrogen and oxygen atoms in total. The number of hydrogen-bond acceptors (Lipinski definition) is 2. The molecule has 0 amide bonds. The van der Waals surface area contributed by atoms with Gasteiger partial charge in [-0.3, -0.25) is 0 Å². The van der Waals surface area contributed by atoms with Gasteiger partial charge in [-0.1, -0.05) is 19.0 Å². The topological polar surface area (TPSA) is 29.5 Å². The molecular weight excluding hydrogens is 151 g/mol. The molecule has 0 radical (unpaired) electrons. The summed E-state index contributed by atoms with van der Waals surface area (Å²) in [4.78, 5) is 0. The fraction of sp³-hybridized carbons (Fsp3) is 0.333. The Morgan fingerprint density at radius 3 is 2.58 bits per heavy atom. The molecule has 1 rings (SSSR count). The van der Waals surface area contributed by atoms with E-state index in [9.17, 15) is 5.02 Å². The third kappa shape index (κ3) is 1.80. The molecule has 0 saturated heterocycles. The first kappa shape index (κ1) is 9.14. The minimum absolute atomic E-state index is 0.431. The largest absolute Gasteiger partial charge is 0.497 e. The maximum absolute atomic E-state index is 9.28. The van der Waals surface area contributed by atoms with E-state index in [0.717, 1.165) is 16.8 Å². The van der Waals surface area contributed by atoms with Crippen molar-refractivity contribution in [1.82, 2.24) is 0 Å². The molecular formula is C9H13BO2. The van der Waals surface area contributed by atoms with Crippen LogP contribution in [0.5, 0.6) is 5.75 Å². The summed E-state index contributed by atoms with van der Waals surface area (Å²) in [6, 6.07) is 5.71. The molecule has 0 aliphatic carbocycles. The Bertz CT molecular complexity index is 271. The monoisotopic (exact) mass is 164 g/mol. The predicted molar refractivity (Wildman–Crippen MR) is 51.2 cm³/mol. The fourth-order valence-corrected chi connectivity index (χ4v) is 1.10. The zero-order valence-corrected chi connectivity index (χ0v) is 7.66. The van der Waals surface area contributed by atoms with Crippen LogP contribution in [-0.4, -0.2) is 19.0 Å². The number of benzene rings is 1. The summed E-state index contributed by atoms with van der Waals surface area (Å²) in [5.74, 6) is 0.827. The van der Waals surface area contributed by atoms with E-state index in [0.29, 0.717) is 0 Å². The van der Waals surface area contributed by atoms with Gasteiger partial charge < -0.3 is 9.76 Å². The number of hydrogen-bond donors (Lipinski definition) is 1. The lowest BCUT2D eigenvalue weighted by atomic mass is 9.64. The van der Waals surface area contributed by atoms with Crippen LogP contribution in [0.15, 0.2) is 18.2 Å². The first-order chi connectivity index (χ1) is 5.65. The van der Waals surface area contributed by atoms with E-state index in [1.54, 1.807) is 13.9 Å². The highest BCUT2D eigenvalue weighted by Gasteiger charge is 2.08. The van der Waals surface area contributed by atoms with Crippen molar-refractivity contribution in [3.05, 3.63) is 23.8 Å². The lowest BCUT2D eigenvalue weighted by Crippen LogP contribution is -2.26. The Morgan fingerprint density at radius 1 is 1.42 bits per heavy atom. The number of methoxy groups -OCH3 is 1. The Balaban J connectivity index is 3.05. The molecule has 64 valence electrons. The van der Waals surface area contributed by atoms with Crippen molar-refractivity contribution in [3.8, 4) is 5.75 Å². The van der Waals surface area contributed by atoms with E-state index in [1.807, 2.05) is 25.1 Å². The van der Waals surface area contributed by atoms with Crippen molar-refractivity contribution in [1.29, 1.82) is 0 Å². The van der Waals surface area contributed by atoms with Gasteiger partial charge in [0.2, 0.25) is 0 Å². The van der Waals surface area contributed by atoms with E-state index in [-0.39, 0.29) is 0 Å². The Labute approximate surface area is 73.3 Å². The van der Waals surface area contributed by atoms with Crippen LogP contribution in [0.25, 0.3) is 0 Å². The van der Waals surface area contributed by atoms with E-state index >= 15 is 0 Å². The van der Waals surface area contributed by atoms with Crippen molar-refractivity contribution >= 4 is 12.4 Å². The molecule has 0 saturated carbocycles. The zero-order valence-electron chi connectivity index (χ0n) is 7.66. The normalized spacial score (nSPS) is 9.67. The standard InChI is InChI=1S/C9H13BO2/c1-7-4-5-8(10(2)11)6-9(7)12-3/h4-6,11H,1-3H3. The third-order valence-electron chi connectivity index (χ3n) is 1.91. The van der Waals surface area contributed by atoms with Gasteiger partial charge in [-0.15, -0.1) is 0 Å². The van der Waals surface area contributed by atoms with Crippen molar-refractivity contribution in [2.24, 2.45) is 0 Å². The van der Waals surface area contributed by atoms with E-state index < -0.39 is 6.92 Å². The molecule has 0 bridgehead atoms. The predicted octanol–water partition coefficient (Wildman–Crippen LogP) is 0.824. The molecule has 0 aromatic heterocycles. The molecule has 3 heteroatoms. The number of aryl methyl sites for hydroxylation is 1. The van der Waals surface area contributed by atoms with Crippen molar-refractivity contribution < 1.29 is 9.76 Å². The summed E-state index contributed by atoms with van der Waals surface area (Å²) in [5, 5.41) is 9.28. The highest BCUT2D eigenvalue weighted by Crippen LogP contribution is 2.14. The third-order valence-corrected chi connectivity index (χ3v) is 1.91. The van der Waals surface area contributed by atoms with E-state index in [4.69, 9.17) is 4.74 Å². The highest BCUT2D eigenvalue weighted by atomic mass is 16.5. The van der Waals surface area contributed by atoms with Crippen LogP contribution in [0, 0.1) is 6.92 Å². The van der Waals surface area contributed by atoms with Gasteiger partial charge in [0.05, 0.1) is 7.11 Å². The molecule has 1 N–H and O–H groups in total. The van der Waals surface area contributed by atoms with Crippen LogP contribution < -0.4 is 10.2 Å². The number of rotatable bonds is 2. The van der Waals surface area contributed by atoms with Gasteiger partial charge in [0.1, 0.15) is 5.75 Å². The molecule has 0 fully saturated rings. The molecule has 0 atom stereocenters. The Kier molecular flexibility index (Phi) is 2.76. The van der Waals surface area contributed by atoms with Gasteiger partial charge in [0.15, 0.2) is 0 Å². The Hall–Kier alpha value is -0.955. The van der Waals surface area contributed by atoms with Crippen LogP contribution >= 0.6 is 0 Å². The molecule has 1 aromatic rings. The fourth-order valence-electron chi connectivity index (χ4n) is 1.10. The maximum atomic E-state index is 9.28. The quantitative estimate of drug-likeness (QED) is 0.655. The van der Waals surface area contributed by atoms with Crippen LogP contribution in [0.1, 0.15) is 5.56 Å². The van der Waals surface area contributed by atoms with Crippen molar-refractivity contribution in [2.75, 3.05) is 7.11 Å². The second-order valence-electron chi connectivity index (χ2n) is 2.91. The molecule has 0 aliphatic heterocycles. The summed E-state index contributed by atoms with van der Waals surface area (Å²) in [5.41, 5.74) is 1.97. The zero-order chi connectivity index (χ0) is 9.14. The van der Waals surface area contributed by atoms with Gasteiger partial charge in [-0.2, -0.15) is 0 Å². The van der Waals surface area contributed by atoms with Gasteiger partial charge in [0.25, 0.3) is 0 Å². The van der Waals surface area contributed by atoms with Gasteiger partial charge in [-0.25, -0.2) is 0 Å². The Morgan fingerprint density at radius 2 is 2.08 bits per heavy atom. The molecule has 0 spiro atoms. The van der Waals surface area contributed by atoms with Crippen LogP contribution in [0.2, 0.25) is 6.82 Å². The smallest absolute Gasteiger partial charge is 0.320 e. The SMILES string of the molecule is COc1cc(B(C)O)ccc1C. The van der Waals surface area contributed by atoms with Crippen LogP contribution in [0.3, 0.4) is 0 Å². The van der Waals surface area contributed by atoms with E-state index in [1.165, 1.54) is 0 Å². The maximum Gasteiger partial charge on any atom is 0.320 e. The summed E-state index contributed by atoms with van der Waals surface area (Å²) in [6.07, 6.45) is 0. The second kappa shape index (κ2) is 3.63. The first-order valence-corrected chi connectivity index (χ1v) is 3.97. The van der Waals surface area contributed by atoms with Gasteiger partial charge >= 0.3 is 6.92 Å². The minimum Gasteiger partial charge on any atom is -0.497 e. The minimum atomic E-state index is -0.431. The van der Waals surface area contributed by atoms with Crippen molar-refractivity contribution in [3.63, 3.8) is 0 Å². The average molecular weight is 164 g/mol. The molecule has 12 heavy (non-hydrogen) atoms. The first-order valence-electron chi connectivity index (χ1n) is 3.97. The number of ether oxygens (including phenoxy) is 1. The molecule has 0 heterocycles. The van der Waals surface area contributed by atoms with Gasteiger partial charge in [0, 0.05) is 0 Å². The lowest BCUT2D eigenvalue weighted by Gasteiger charge is -2.07. The summed E-state index contributed by atoms with van der Waals surface area (Å²) < 4.78 is 5.12. The van der Waals surface area contributed by atoms with Gasteiger partial charge in [-0.05, 0) is 24.0 Å². The second-order valence-corrected chi connectivity index (χ2v) is 2.91. The van der Waals surface area contributed by atoms with E-state index in [2.05, 4.69) is 0 Å². The summed E-state index contributed by atoms with van der Waals surface area (Å²) in [6.45, 7) is 3.29. The van der Waals surface area contributed by atoms with Crippen molar-refractivity contribution in [2.45, 2.75) is 13.7 Å². The molecule has 0 unspecified atom stereocenters. The lowest BCUT2D eigenvalue weighted by molar-refractivity contribution is 0.412. The molecule has 0 aliphatic rings. The van der Waals surface area contributed by atoms with Crippen LogP contribution in [-0.2, 0) is 0 Å². The van der Waals surface area contributed by atoms with Crippen LogP contribution in [0.4, 0.5) is 0 Å². The average Bonchev–Trinajstić information content (AvgIpc) is 2.05. The molecule has 1 aromatic carbocycles. The summed E-state index contributed by atoms with van der Waals surface area (Å²) in [7, 11) is 1.63. The summed E-state index contributed by atoms with van der Waals surface area (Å²) >= 11 is 0. The highest BCUT2D eigenvalue weighted by molar-refractivity contribution is 6.64.